The van der Waals surface area contributed by atoms with E-state index in [2.05, 4.69) is 5.32 Å². The van der Waals surface area contributed by atoms with E-state index in [1.54, 1.807) is 25.3 Å². The fourth-order valence-electron chi connectivity index (χ4n) is 3.74. The van der Waals surface area contributed by atoms with Gasteiger partial charge in [0, 0.05) is 31.7 Å². The quantitative estimate of drug-likeness (QED) is 0.493. The van der Waals surface area contributed by atoms with Gasteiger partial charge < -0.3 is 34.2 Å². The van der Waals surface area contributed by atoms with Crippen molar-refractivity contribution >= 4 is 18.9 Å². The van der Waals surface area contributed by atoms with Crippen molar-refractivity contribution in [1.29, 1.82) is 0 Å². The van der Waals surface area contributed by atoms with E-state index in [-0.39, 0.29) is 24.0 Å². The number of hydrogen-bond acceptors (Lipinski definition) is 8. The number of aldehydes is 1. The van der Waals surface area contributed by atoms with Crippen LogP contribution in [0.3, 0.4) is 0 Å². The Hall–Kier alpha value is -2.29. The van der Waals surface area contributed by atoms with Crippen molar-refractivity contribution < 1.29 is 33.7 Å². The molecule has 0 radical (unpaired) electrons. The predicted molar refractivity (Wildman–Crippen MR) is 119 cm³/mol. The molecule has 0 aromatic heterocycles. The maximum atomic E-state index is 12.7. The first-order chi connectivity index (χ1) is 15.0. The molecule has 8 nitrogen and oxygen atoms in total. The summed E-state index contributed by atoms with van der Waals surface area (Å²) >= 11 is 0. The van der Waals surface area contributed by atoms with E-state index in [4.69, 9.17) is 28.9 Å². The number of hydrogen-bond donors (Lipinski definition) is 2. The molecule has 1 saturated carbocycles. The largest absolute Gasteiger partial charge is 0.454 e. The number of rotatable bonds is 7. The molecule has 1 heterocycles. The van der Waals surface area contributed by atoms with Gasteiger partial charge in [-0.2, -0.15) is 0 Å². The maximum absolute atomic E-state index is 12.7. The molecule has 0 bridgehead atoms. The summed E-state index contributed by atoms with van der Waals surface area (Å²) in [5, 5.41) is 10.4. The number of Topliss-reactive ketones (excluding diaryl/α,β-unsaturated/α-hetero) is 1. The number of aliphatic hydroxyl groups excluding tert-OH is 1. The van der Waals surface area contributed by atoms with E-state index in [0.717, 1.165) is 26.5 Å². The second-order valence-corrected chi connectivity index (χ2v) is 7.26. The van der Waals surface area contributed by atoms with Gasteiger partial charge in [0.25, 0.3) is 0 Å². The Balaban J connectivity index is 0.00000116. The summed E-state index contributed by atoms with van der Waals surface area (Å²) in [4.78, 5) is 29.5. The second kappa shape index (κ2) is 16.4. The molecule has 31 heavy (non-hydrogen) atoms. The van der Waals surface area contributed by atoms with E-state index in [1.807, 2.05) is 13.7 Å². The molecule has 2 aliphatic rings. The van der Waals surface area contributed by atoms with E-state index >= 15 is 0 Å². The Morgan fingerprint density at radius 3 is 2.39 bits per heavy atom. The third-order valence-corrected chi connectivity index (χ3v) is 5.20. The highest BCUT2D eigenvalue weighted by atomic mass is 16.7. The topological polar surface area (TPSA) is 111 Å². The molecule has 3 rings (SSSR count). The van der Waals surface area contributed by atoms with Gasteiger partial charge in [-0.15, -0.1) is 0 Å². The van der Waals surface area contributed by atoms with E-state index in [1.165, 1.54) is 39.0 Å². The third kappa shape index (κ3) is 9.16. The predicted octanol–water partition coefficient (Wildman–Crippen LogP) is 2.80. The molecule has 1 aliphatic heterocycles. The minimum Gasteiger partial charge on any atom is -0.454 e. The van der Waals surface area contributed by atoms with Crippen LogP contribution in [-0.2, 0) is 14.3 Å². The lowest BCUT2D eigenvalue weighted by Gasteiger charge is -2.37. The zero-order chi connectivity index (χ0) is 23.7. The number of fused-ring (bicyclic) bond motifs is 1. The van der Waals surface area contributed by atoms with E-state index in [0.29, 0.717) is 17.1 Å². The number of methoxy groups -OCH3 is 1. The monoisotopic (exact) mass is 439 g/mol. The lowest BCUT2D eigenvalue weighted by molar-refractivity contribution is -0.106. The van der Waals surface area contributed by atoms with Crippen molar-refractivity contribution in [1.82, 2.24) is 5.32 Å². The minimum absolute atomic E-state index is 0.0803. The second-order valence-electron chi connectivity index (χ2n) is 7.26. The molecule has 1 aliphatic carbocycles. The molecule has 1 fully saturated rings. The first-order valence-electron chi connectivity index (χ1n) is 10.3. The first kappa shape index (κ1) is 28.7. The fraction of sp³-hybridized carbons (Fsp3) is 0.609. The fourth-order valence-corrected chi connectivity index (χ4v) is 3.74. The van der Waals surface area contributed by atoms with E-state index < -0.39 is 0 Å². The van der Waals surface area contributed by atoms with Gasteiger partial charge in [-0.1, -0.05) is 19.3 Å². The summed E-state index contributed by atoms with van der Waals surface area (Å²) in [6, 6.07) is 5.14. The first-order valence-corrected chi connectivity index (χ1v) is 10.3. The average molecular weight is 440 g/mol. The number of aliphatic hydroxyl groups is 1. The number of carbonyl (C=O) groups is 3. The zero-order valence-electron chi connectivity index (χ0n) is 19.1. The number of ether oxygens (including phenoxy) is 3. The standard InChI is InChI=1S/C19H27NO4.C2H4O.CH4O.CH2O/c1-14(20-11-19(12-22-2)8-4-3-5-9-19)18(21)15-6-7-16-17(10-15)24-13-23-16;1-2-3;2*1-2/h6-7,10,14,20H,3-5,8-9,11-13H2,1-2H3;2H,1H3;2H,1H3;1H2. The molecule has 1 aromatic rings. The van der Waals surface area contributed by atoms with Crippen LogP contribution in [0.4, 0.5) is 0 Å². The normalized spacial score (nSPS) is 16.2. The van der Waals surface area contributed by atoms with Gasteiger partial charge in [0.15, 0.2) is 17.3 Å². The van der Waals surface area contributed by atoms with Gasteiger partial charge in [0.05, 0.1) is 12.6 Å². The molecule has 1 unspecified atom stereocenters. The minimum atomic E-state index is -0.235. The molecular weight excluding hydrogens is 402 g/mol. The van der Waals surface area contributed by atoms with Gasteiger partial charge in [-0.25, -0.2) is 0 Å². The van der Waals surface area contributed by atoms with Crippen LogP contribution in [-0.4, -0.2) is 64.2 Å². The molecule has 2 N–H and O–H groups in total. The summed E-state index contributed by atoms with van der Waals surface area (Å²) in [7, 11) is 2.76. The Morgan fingerprint density at radius 1 is 1.23 bits per heavy atom. The number of ketones is 1. The summed E-state index contributed by atoms with van der Waals surface area (Å²) in [5.74, 6) is 1.43. The van der Waals surface area contributed by atoms with Crippen LogP contribution in [0.15, 0.2) is 18.2 Å². The van der Waals surface area contributed by atoms with Gasteiger partial charge in [-0.3, -0.25) is 4.79 Å². The third-order valence-electron chi connectivity index (χ3n) is 5.20. The van der Waals surface area contributed by atoms with Crippen molar-refractivity contribution in [2.24, 2.45) is 5.41 Å². The highest BCUT2D eigenvalue weighted by Crippen LogP contribution is 2.36. The van der Waals surface area contributed by atoms with Crippen LogP contribution in [0.2, 0.25) is 0 Å². The molecule has 176 valence electrons. The molecular formula is C23H37NO7. The van der Waals surface area contributed by atoms with E-state index in [9.17, 15) is 4.79 Å². The van der Waals surface area contributed by atoms with Crippen molar-refractivity contribution in [3.8, 4) is 11.5 Å². The summed E-state index contributed by atoms with van der Waals surface area (Å²) in [6.07, 6.45) is 6.87. The van der Waals surface area contributed by atoms with Crippen LogP contribution in [0.5, 0.6) is 11.5 Å². The highest BCUT2D eigenvalue weighted by Gasteiger charge is 2.33. The Kier molecular flexibility index (Phi) is 15.2. The molecule has 0 saturated heterocycles. The lowest BCUT2D eigenvalue weighted by Crippen LogP contribution is -2.45. The molecule has 0 amide bonds. The average Bonchev–Trinajstić information content (AvgIpc) is 3.29. The van der Waals surface area contributed by atoms with Crippen LogP contribution < -0.4 is 14.8 Å². The van der Waals surface area contributed by atoms with Crippen LogP contribution in [0.25, 0.3) is 0 Å². The van der Waals surface area contributed by atoms with Gasteiger partial charge in [-0.05, 0) is 44.9 Å². The van der Waals surface area contributed by atoms with Crippen molar-refractivity contribution in [2.45, 2.75) is 52.0 Å². The summed E-state index contributed by atoms with van der Waals surface area (Å²) < 4.78 is 16.1. The van der Waals surface area contributed by atoms with Crippen LogP contribution >= 0.6 is 0 Å². The summed E-state index contributed by atoms with van der Waals surface area (Å²) in [5.41, 5.74) is 0.819. The number of carbonyl (C=O) groups excluding carboxylic acids is 3. The molecule has 8 heteroatoms. The van der Waals surface area contributed by atoms with Crippen LogP contribution in [0, 0.1) is 5.41 Å². The van der Waals surface area contributed by atoms with Crippen molar-refractivity contribution in [3.63, 3.8) is 0 Å². The Labute approximate surface area is 185 Å². The molecule has 1 aromatic carbocycles. The lowest BCUT2D eigenvalue weighted by atomic mass is 9.74. The van der Waals surface area contributed by atoms with Gasteiger partial charge in [0.2, 0.25) is 6.79 Å². The van der Waals surface area contributed by atoms with Gasteiger partial charge in [0.1, 0.15) is 13.1 Å². The molecule has 1 atom stereocenters. The number of nitrogens with one attached hydrogen (secondary N) is 1. The molecule has 0 spiro atoms. The zero-order valence-corrected chi connectivity index (χ0v) is 19.1. The van der Waals surface area contributed by atoms with Crippen molar-refractivity contribution in [3.05, 3.63) is 23.8 Å². The summed E-state index contributed by atoms with van der Waals surface area (Å²) in [6.45, 7) is 7.17. The smallest absolute Gasteiger partial charge is 0.231 e. The Bertz CT molecular complexity index is 639. The number of benzene rings is 1. The maximum Gasteiger partial charge on any atom is 0.231 e. The highest BCUT2D eigenvalue weighted by molar-refractivity contribution is 6.00. The van der Waals surface area contributed by atoms with Crippen molar-refractivity contribution in [2.75, 3.05) is 34.2 Å². The Morgan fingerprint density at radius 2 is 1.81 bits per heavy atom. The SMILES string of the molecule is C=O.CC=O.CO.COCC1(CNC(C)C(=O)c2ccc3c(c2)OCO3)CCCCC1. The van der Waals surface area contributed by atoms with Gasteiger partial charge >= 0.3 is 0 Å². The van der Waals surface area contributed by atoms with Crippen LogP contribution in [0.1, 0.15) is 56.3 Å².